The molecule has 26 heavy (non-hydrogen) atoms. The summed E-state index contributed by atoms with van der Waals surface area (Å²) >= 11 is 0. The summed E-state index contributed by atoms with van der Waals surface area (Å²) in [6, 6.07) is 6.31. The maximum atomic E-state index is 12.3. The second kappa shape index (κ2) is 7.16. The highest BCUT2D eigenvalue weighted by Gasteiger charge is 2.36. The largest absolute Gasteiger partial charge is 0.352 e. The number of fused-ring (bicyclic) bond motifs is 1. The van der Waals surface area contributed by atoms with Crippen LogP contribution >= 0.6 is 0 Å². The summed E-state index contributed by atoms with van der Waals surface area (Å²) in [6.45, 7) is 1.98. The maximum Gasteiger partial charge on any atom is 0.262 e. The van der Waals surface area contributed by atoms with Crippen LogP contribution in [0.2, 0.25) is 0 Å². The first kappa shape index (κ1) is 18.5. The molecule has 1 saturated heterocycles. The molecule has 2 heterocycles. The summed E-state index contributed by atoms with van der Waals surface area (Å²) in [5, 5.41) is 2.80. The molecule has 1 N–H and O–H groups in total. The first-order valence-electron chi connectivity index (χ1n) is 8.56. The quantitative estimate of drug-likeness (QED) is 0.737. The predicted molar refractivity (Wildman–Crippen MR) is 94.0 cm³/mol. The lowest BCUT2D eigenvalue weighted by Crippen LogP contribution is -2.49. The minimum atomic E-state index is -3.21. The fourth-order valence-electron chi connectivity index (χ4n) is 3.26. The molecule has 1 aromatic carbocycles. The lowest BCUT2D eigenvalue weighted by Gasteiger charge is -2.31. The lowest BCUT2D eigenvalue weighted by molar-refractivity contribution is -0.122. The van der Waals surface area contributed by atoms with E-state index in [9.17, 15) is 22.8 Å². The molecule has 2 aliphatic heterocycles. The molecule has 2 aliphatic rings. The van der Waals surface area contributed by atoms with E-state index in [4.69, 9.17) is 0 Å². The van der Waals surface area contributed by atoms with Gasteiger partial charge in [-0.15, -0.1) is 0 Å². The molecular formula is C17H21N3O5S. The van der Waals surface area contributed by atoms with Crippen LogP contribution < -0.4 is 5.32 Å². The van der Waals surface area contributed by atoms with Crippen LogP contribution in [0.25, 0.3) is 0 Å². The van der Waals surface area contributed by atoms with E-state index in [1.165, 1.54) is 4.31 Å². The Morgan fingerprint density at radius 1 is 1.12 bits per heavy atom. The fraction of sp³-hybridized carbons (Fsp3) is 0.471. The molecule has 0 aliphatic carbocycles. The van der Waals surface area contributed by atoms with Crippen molar-refractivity contribution in [1.82, 2.24) is 14.5 Å². The Hall–Kier alpha value is -2.26. The minimum Gasteiger partial charge on any atom is -0.352 e. The second-order valence-electron chi connectivity index (χ2n) is 6.38. The third-order valence-electron chi connectivity index (χ3n) is 4.76. The molecule has 1 fully saturated rings. The standard InChI is InChI=1S/C17H21N3O5S/c1-2-26(24,25)19-9-7-12(8-10-19)18-15(21)11-20-16(22)13-5-3-4-6-14(13)17(20)23/h3-6,12H,2,7-11H2,1H3,(H,18,21). The molecule has 1 aromatic rings. The van der Waals surface area contributed by atoms with Gasteiger partial charge in [0.2, 0.25) is 15.9 Å². The summed E-state index contributed by atoms with van der Waals surface area (Å²) in [4.78, 5) is 37.7. The van der Waals surface area contributed by atoms with E-state index < -0.39 is 27.7 Å². The van der Waals surface area contributed by atoms with E-state index in [1.807, 2.05) is 0 Å². The topological polar surface area (TPSA) is 104 Å². The third kappa shape index (κ3) is 3.49. The summed E-state index contributed by atoms with van der Waals surface area (Å²) < 4.78 is 25.1. The summed E-state index contributed by atoms with van der Waals surface area (Å²) in [7, 11) is -3.21. The van der Waals surface area contributed by atoms with Gasteiger partial charge in [0, 0.05) is 19.1 Å². The van der Waals surface area contributed by atoms with Crippen molar-refractivity contribution in [3.05, 3.63) is 35.4 Å². The first-order chi connectivity index (χ1) is 12.3. The Morgan fingerprint density at radius 3 is 2.15 bits per heavy atom. The maximum absolute atomic E-state index is 12.3. The highest BCUT2D eigenvalue weighted by atomic mass is 32.2. The van der Waals surface area contributed by atoms with Gasteiger partial charge in [0.05, 0.1) is 16.9 Å². The van der Waals surface area contributed by atoms with Crippen molar-refractivity contribution in [1.29, 1.82) is 0 Å². The van der Waals surface area contributed by atoms with Crippen LogP contribution in [0.5, 0.6) is 0 Å². The molecule has 9 heteroatoms. The van der Waals surface area contributed by atoms with Gasteiger partial charge < -0.3 is 5.32 Å². The number of hydrogen-bond acceptors (Lipinski definition) is 5. The number of imide groups is 1. The molecule has 8 nitrogen and oxygen atoms in total. The number of sulfonamides is 1. The van der Waals surface area contributed by atoms with Gasteiger partial charge in [-0.1, -0.05) is 12.1 Å². The minimum absolute atomic E-state index is 0.0593. The zero-order valence-electron chi connectivity index (χ0n) is 14.5. The van der Waals surface area contributed by atoms with Crippen LogP contribution in [0.4, 0.5) is 0 Å². The van der Waals surface area contributed by atoms with Crippen molar-refractivity contribution in [2.75, 3.05) is 25.4 Å². The number of piperidine rings is 1. The second-order valence-corrected chi connectivity index (χ2v) is 8.64. The Morgan fingerprint density at radius 2 is 1.65 bits per heavy atom. The van der Waals surface area contributed by atoms with Crippen LogP contribution in [-0.4, -0.2) is 66.8 Å². The first-order valence-corrected chi connectivity index (χ1v) is 10.2. The van der Waals surface area contributed by atoms with E-state index in [1.54, 1.807) is 31.2 Å². The highest BCUT2D eigenvalue weighted by Crippen LogP contribution is 2.22. The molecule has 0 radical (unpaired) electrons. The van der Waals surface area contributed by atoms with Crippen molar-refractivity contribution in [2.24, 2.45) is 0 Å². The van der Waals surface area contributed by atoms with E-state index in [-0.39, 0.29) is 18.3 Å². The molecule has 0 aromatic heterocycles. The number of carbonyl (C=O) groups is 3. The molecule has 0 unspecified atom stereocenters. The molecule has 0 bridgehead atoms. The van der Waals surface area contributed by atoms with Gasteiger partial charge >= 0.3 is 0 Å². The Labute approximate surface area is 152 Å². The van der Waals surface area contributed by atoms with Crippen molar-refractivity contribution in [3.8, 4) is 0 Å². The monoisotopic (exact) mass is 379 g/mol. The normalized spacial score (nSPS) is 18.9. The number of hydrogen-bond donors (Lipinski definition) is 1. The summed E-state index contributed by atoms with van der Waals surface area (Å²) in [5.74, 6) is -1.30. The van der Waals surface area contributed by atoms with E-state index in [0.717, 1.165) is 4.90 Å². The Bertz CT molecular complexity index is 809. The van der Waals surface area contributed by atoms with Gasteiger partial charge in [-0.3, -0.25) is 19.3 Å². The third-order valence-corrected chi connectivity index (χ3v) is 6.64. The van der Waals surface area contributed by atoms with Crippen LogP contribution in [-0.2, 0) is 14.8 Å². The van der Waals surface area contributed by atoms with E-state index in [2.05, 4.69) is 5.32 Å². The summed E-state index contributed by atoms with van der Waals surface area (Å²) in [5.41, 5.74) is 0.617. The number of carbonyl (C=O) groups excluding carboxylic acids is 3. The zero-order valence-corrected chi connectivity index (χ0v) is 15.3. The average molecular weight is 379 g/mol. The number of nitrogens with one attached hydrogen (secondary N) is 1. The van der Waals surface area contributed by atoms with Crippen molar-refractivity contribution in [2.45, 2.75) is 25.8 Å². The van der Waals surface area contributed by atoms with Gasteiger partial charge in [0.1, 0.15) is 6.54 Å². The Balaban J connectivity index is 1.55. The van der Waals surface area contributed by atoms with Crippen molar-refractivity contribution >= 4 is 27.7 Å². The molecule has 3 amide bonds. The molecule has 3 rings (SSSR count). The molecule has 140 valence electrons. The van der Waals surface area contributed by atoms with Crippen molar-refractivity contribution < 1.29 is 22.8 Å². The van der Waals surface area contributed by atoms with Gasteiger partial charge in [-0.05, 0) is 31.9 Å². The van der Waals surface area contributed by atoms with E-state index in [0.29, 0.717) is 37.1 Å². The van der Waals surface area contributed by atoms with Crippen LogP contribution in [0.1, 0.15) is 40.5 Å². The number of nitrogens with zero attached hydrogens (tertiary/aromatic N) is 2. The van der Waals surface area contributed by atoms with Crippen LogP contribution in [0, 0.1) is 0 Å². The smallest absolute Gasteiger partial charge is 0.262 e. The molecular weight excluding hydrogens is 358 g/mol. The molecule has 0 spiro atoms. The predicted octanol–water partition coefficient (Wildman–Crippen LogP) is 0.213. The summed E-state index contributed by atoms with van der Waals surface area (Å²) in [6.07, 6.45) is 1.01. The van der Waals surface area contributed by atoms with Gasteiger partial charge in [0.15, 0.2) is 0 Å². The molecule has 0 saturated carbocycles. The zero-order chi connectivity index (χ0) is 18.9. The van der Waals surface area contributed by atoms with Crippen molar-refractivity contribution in [3.63, 3.8) is 0 Å². The fourth-order valence-corrected chi connectivity index (χ4v) is 4.39. The van der Waals surface area contributed by atoms with Crippen LogP contribution in [0.3, 0.4) is 0 Å². The van der Waals surface area contributed by atoms with Gasteiger partial charge in [-0.25, -0.2) is 12.7 Å². The van der Waals surface area contributed by atoms with Gasteiger partial charge in [-0.2, -0.15) is 0 Å². The number of amides is 3. The SMILES string of the molecule is CCS(=O)(=O)N1CCC(NC(=O)CN2C(=O)c3ccccc3C2=O)CC1. The number of rotatable bonds is 5. The lowest BCUT2D eigenvalue weighted by atomic mass is 10.1. The van der Waals surface area contributed by atoms with Gasteiger partial charge in [0.25, 0.3) is 11.8 Å². The highest BCUT2D eigenvalue weighted by molar-refractivity contribution is 7.89. The Kier molecular flexibility index (Phi) is 5.10. The van der Waals surface area contributed by atoms with Crippen LogP contribution in [0.15, 0.2) is 24.3 Å². The molecule has 0 atom stereocenters. The van der Waals surface area contributed by atoms with E-state index >= 15 is 0 Å². The average Bonchev–Trinajstić information content (AvgIpc) is 2.87. The number of benzene rings is 1.